The lowest BCUT2D eigenvalue weighted by atomic mass is 10.0. The van der Waals surface area contributed by atoms with Gasteiger partial charge >= 0.3 is 0 Å². The van der Waals surface area contributed by atoms with Gasteiger partial charge in [-0.3, -0.25) is 0 Å². The van der Waals surface area contributed by atoms with E-state index < -0.39 is 0 Å². The van der Waals surface area contributed by atoms with Gasteiger partial charge in [-0.05, 0) is 18.4 Å². The Kier molecular flexibility index (Phi) is 14.4. The summed E-state index contributed by atoms with van der Waals surface area (Å²) in [5.41, 5.74) is 2.37. The van der Waals surface area contributed by atoms with Gasteiger partial charge in [0.2, 0.25) is 0 Å². The summed E-state index contributed by atoms with van der Waals surface area (Å²) in [6, 6.07) is 8.41. The highest BCUT2D eigenvalue weighted by atomic mass is 16.3. The summed E-state index contributed by atoms with van der Waals surface area (Å²) in [5, 5.41) is 9.15. The van der Waals surface area contributed by atoms with E-state index in [2.05, 4.69) is 33.2 Å². The van der Waals surface area contributed by atoms with Crippen LogP contribution in [0.25, 0.3) is 0 Å². The van der Waals surface area contributed by atoms with Gasteiger partial charge in [-0.1, -0.05) is 108 Å². The van der Waals surface area contributed by atoms with Crippen LogP contribution in [0.5, 0.6) is 0 Å². The zero-order chi connectivity index (χ0) is 20.5. The van der Waals surface area contributed by atoms with Crippen molar-refractivity contribution >= 4 is 0 Å². The molecular formula is C26H48NO+. The molecule has 28 heavy (non-hydrogen) atoms. The summed E-state index contributed by atoms with van der Waals surface area (Å²) in [6.07, 6.45) is 19.9. The number of nitrogens with zero attached hydrogens (tertiary/aromatic N) is 1. The van der Waals surface area contributed by atoms with Gasteiger partial charge in [0.05, 0.1) is 27.2 Å². The van der Waals surface area contributed by atoms with Crippen molar-refractivity contribution < 1.29 is 9.59 Å². The third kappa shape index (κ3) is 13.3. The molecule has 2 heteroatoms. The molecule has 0 heterocycles. The lowest BCUT2D eigenvalue weighted by Gasteiger charge is -2.30. The molecule has 1 rings (SSSR count). The second kappa shape index (κ2) is 16.0. The van der Waals surface area contributed by atoms with E-state index in [4.69, 9.17) is 5.11 Å². The van der Waals surface area contributed by atoms with Crippen LogP contribution in [0.2, 0.25) is 0 Å². The fourth-order valence-corrected chi connectivity index (χ4v) is 4.06. The summed E-state index contributed by atoms with van der Waals surface area (Å²) < 4.78 is 1.05. The Balaban J connectivity index is 1.94. The van der Waals surface area contributed by atoms with Crippen LogP contribution in [-0.4, -0.2) is 30.2 Å². The minimum Gasteiger partial charge on any atom is -0.392 e. The molecule has 0 radical (unpaired) electrons. The molecule has 0 bridgehead atoms. The number of aliphatic hydroxyl groups excluding tert-OH is 1. The SMILES string of the molecule is CCCCCCCCCCCCCCCC[N+](C)(C)Cc1ccc(CO)cc1. The molecule has 0 spiro atoms. The van der Waals surface area contributed by atoms with Gasteiger partial charge in [0.25, 0.3) is 0 Å². The quantitative estimate of drug-likeness (QED) is 0.207. The third-order valence-corrected chi connectivity index (χ3v) is 5.93. The van der Waals surface area contributed by atoms with Crippen molar-refractivity contribution in [3.8, 4) is 0 Å². The number of rotatable bonds is 18. The number of aliphatic hydroxyl groups is 1. The highest BCUT2D eigenvalue weighted by Crippen LogP contribution is 2.15. The van der Waals surface area contributed by atoms with Crippen LogP contribution in [-0.2, 0) is 13.2 Å². The predicted octanol–water partition coefficient (Wildman–Crippen LogP) is 7.24. The van der Waals surface area contributed by atoms with Crippen LogP contribution < -0.4 is 0 Å². The van der Waals surface area contributed by atoms with Crippen LogP contribution in [0.4, 0.5) is 0 Å². The van der Waals surface area contributed by atoms with Crippen molar-refractivity contribution in [2.24, 2.45) is 0 Å². The van der Waals surface area contributed by atoms with Crippen molar-refractivity contribution in [1.29, 1.82) is 0 Å². The van der Waals surface area contributed by atoms with Gasteiger partial charge in [-0.15, -0.1) is 0 Å². The predicted molar refractivity (Wildman–Crippen MR) is 123 cm³/mol. The Labute approximate surface area is 175 Å². The molecule has 1 aromatic carbocycles. The number of unbranched alkanes of at least 4 members (excludes halogenated alkanes) is 13. The molecule has 0 aliphatic rings. The van der Waals surface area contributed by atoms with Gasteiger partial charge in [0, 0.05) is 5.56 Å². The Morgan fingerprint density at radius 3 is 1.43 bits per heavy atom. The highest BCUT2D eigenvalue weighted by molar-refractivity contribution is 5.21. The van der Waals surface area contributed by atoms with E-state index in [0.717, 1.165) is 16.6 Å². The van der Waals surface area contributed by atoms with E-state index in [1.807, 2.05) is 12.1 Å². The molecule has 0 saturated heterocycles. The first-order valence-corrected chi connectivity index (χ1v) is 12.1. The Morgan fingerprint density at radius 2 is 1.00 bits per heavy atom. The Morgan fingerprint density at radius 1 is 0.607 bits per heavy atom. The van der Waals surface area contributed by atoms with Crippen molar-refractivity contribution in [1.82, 2.24) is 0 Å². The van der Waals surface area contributed by atoms with Gasteiger partial charge < -0.3 is 9.59 Å². The van der Waals surface area contributed by atoms with Crippen molar-refractivity contribution in [3.05, 3.63) is 35.4 Å². The third-order valence-electron chi connectivity index (χ3n) is 5.93. The molecule has 0 amide bonds. The highest BCUT2D eigenvalue weighted by Gasteiger charge is 2.15. The van der Waals surface area contributed by atoms with Crippen molar-refractivity contribution in [3.63, 3.8) is 0 Å². The zero-order valence-corrected chi connectivity index (χ0v) is 19.2. The van der Waals surface area contributed by atoms with Crippen LogP contribution in [0.1, 0.15) is 108 Å². The first-order chi connectivity index (χ1) is 13.6. The van der Waals surface area contributed by atoms with Crippen LogP contribution >= 0.6 is 0 Å². The largest absolute Gasteiger partial charge is 0.392 e. The second-order valence-corrected chi connectivity index (χ2v) is 9.39. The molecule has 0 saturated carbocycles. The topological polar surface area (TPSA) is 20.2 Å². The van der Waals surface area contributed by atoms with E-state index in [9.17, 15) is 0 Å². The average Bonchev–Trinajstić information content (AvgIpc) is 2.68. The van der Waals surface area contributed by atoms with E-state index in [1.54, 1.807) is 0 Å². The standard InChI is InChI=1S/C26H48NO/c1-4-5-6-7-8-9-10-11-12-13-14-15-16-17-22-27(2,3)23-25-18-20-26(24-28)21-19-25/h18-21,28H,4-17,22-24H2,1-3H3/q+1. The summed E-state index contributed by atoms with van der Waals surface area (Å²) in [7, 11) is 4.67. The lowest BCUT2D eigenvalue weighted by Crippen LogP contribution is -2.39. The molecule has 0 unspecified atom stereocenters. The maximum atomic E-state index is 9.15. The van der Waals surface area contributed by atoms with Gasteiger partial charge in [0.1, 0.15) is 6.54 Å². The zero-order valence-electron chi connectivity index (χ0n) is 19.2. The van der Waals surface area contributed by atoms with E-state index >= 15 is 0 Å². The molecule has 0 aliphatic heterocycles. The number of hydrogen-bond acceptors (Lipinski definition) is 1. The van der Waals surface area contributed by atoms with E-state index in [0.29, 0.717) is 0 Å². The van der Waals surface area contributed by atoms with Crippen molar-refractivity contribution in [2.45, 2.75) is 110 Å². The number of hydrogen-bond donors (Lipinski definition) is 1. The fourth-order valence-electron chi connectivity index (χ4n) is 4.06. The molecule has 0 fully saturated rings. The summed E-state index contributed by atoms with van der Waals surface area (Å²) >= 11 is 0. The molecule has 0 aliphatic carbocycles. The normalized spacial score (nSPS) is 11.9. The minimum atomic E-state index is 0.136. The molecular weight excluding hydrogens is 342 g/mol. The molecule has 162 valence electrons. The van der Waals surface area contributed by atoms with Crippen molar-refractivity contribution in [2.75, 3.05) is 20.6 Å². The molecule has 1 N–H and O–H groups in total. The maximum absolute atomic E-state index is 9.15. The molecule has 0 atom stereocenters. The maximum Gasteiger partial charge on any atom is 0.104 e. The first kappa shape index (κ1) is 25.2. The second-order valence-electron chi connectivity index (χ2n) is 9.39. The number of quaternary nitrogens is 1. The molecule has 1 aromatic rings. The van der Waals surface area contributed by atoms with Gasteiger partial charge in [-0.25, -0.2) is 0 Å². The summed E-state index contributed by atoms with van der Waals surface area (Å²) in [4.78, 5) is 0. The molecule has 2 nitrogen and oxygen atoms in total. The summed E-state index contributed by atoms with van der Waals surface area (Å²) in [5.74, 6) is 0. The smallest absolute Gasteiger partial charge is 0.104 e. The van der Waals surface area contributed by atoms with Crippen LogP contribution in [0.15, 0.2) is 24.3 Å². The Bertz CT molecular complexity index is 466. The fraction of sp³-hybridized carbons (Fsp3) is 0.769. The van der Waals surface area contributed by atoms with Gasteiger partial charge in [0.15, 0.2) is 0 Å². The number of benzene rings is 1. The van der Waals surface area contributed by atoms with Gasteiger partial charge in [-0.2, -0.15) is 0 Å². The van der Waals surface area contributed by atoms with Crippen LogP contribution in [0, 0.1) is 0 Å². The monoisotopic (exact) mass is 390 g/mol. The Hall–Kier alpha value is -0.860. The van der Waals surface area contributed by atoms with E-state index in [1.165, 1.54) is 102 Å². The first-order valence-electron chi connectivity index (χ1n) is 12.1. The minimum absolute atomic E-state index is 0.136. The lowest BCUT2D eigenvalue weighted by molar-refractivity contribution is -0.903. The molecule has 0 aromatic heterocycles. The van der Waals surface area contributed by atoms with E-state index in [-0.39, 0.29) is 6.61 Å². The van der Waals surface area contributed by atoms with Crippen LogP contribution in [0.3, 0.4) is 0 Å². The average molecular weight is 391 g/mol. The summed E-state index contributed by atoms with van der Waals surface area (Å²) in [6.45, 7) is 4.75.